The number of rotatable bonds is 6. The SMILES string of the molecule is CC(C)N1CCN(Cc2ccc(C(=O)NNc3ccccc3)cc2)CC1. The lowest BCUT2D eigenvalue weighted by atomic mass is 10.1. The van der Waals surface area contributed by atoms with Gasteiger partial charge in [0.2, 0.25) is 0 Å². The van der Waals surface area contributed by atoms with Gasteiger partial charge in [0.25, 0.3) is 5.91 Å². The maximum atomic E-state index is 12.2. The topological polar surface area (TPSA) is 47.6 Å². The molecule has 138 valence electrons. The van der Waals surface area contributed by atoms with Crippen LogP contribution in [-0.2, 0) is 6.54 Å². The number of hydrogen-bond acceptors (Lipinski definition) is 4. The van der Waals surface area contributed by atoms with Crippen LogP contribution in [0, 0.1) is 0 Å². The van der Waals surface area contributed by atoms with Crippen LogP contribution in [-0.4, -0.2) is 47.9 Å². The quantitative estimate of drug-likeness (QED) is 0.785. The Morgan fingerprint density at radius 2 is 1.62 bits per heavy atom. The fourth-order valence-electron chi connectivity index (χ4n) is 3.18. The average molecular weight is 352 g/mol. The lowest BCUT2D eigenvalue weighted by molar-refractivity contribution is 0.0962. The third-order valence-electron chi connectivity index (χ3n) is 4.85. The number of hydrogen-bond donors (Lipinski definition) is 2. The Morgan fingerprint density at radius 3 is 2.23 bits per heavy atom. The minimum atomic E-state index is -0.133. The molecule has 2 aromatic carbocycles. The summed E-state index contributed by atoms with van der Waals surface area (Å²) in [6.45, 7) is 9.91. The van der Waals surface area contributed by atoms with Crippen LogP contribution >= 0.6 is 0 Å². The number of nitrogens with one attached hydrogen (secondary N) is 2. The molecule has 0 atom stereocenters. The molecule has 1 amide bonds. The molecule has 1 aliphatic rings. The molecule has 0 saturated carbocycles. The highest BCUT2D eigenvalue weighted by molar-refractivity contribution is 5.94. The van der Waals surface area contributed by atoms with E-state index in [0.717, 1.165) is 38.4 Å². The molecule has 5 nitrogen and oxygen atoms in total. The number of anilines is 1. The van der Waals surface area contributed by atoms with E-state index in [1.165, 1.54) is 5.56 Å². The Hall–Kier alpha value is -2.37. The van der Waals surface area contributed by atoms with Gasteiger partial charge in [-0.1, -0.05) is 30.3 Å². The molecule has 1 heterocycles. The highest BCUT2D eigenvalue weighted by Gasteiger charge is 2.18. The summed E-state index contributed by atoms with van der Waals surface area (Å²) < 4.78 is 0. The Kier molecular flexibility index (Phi) is 6.26. The molecule has 0 unspecified atom stereocenters. The van der Waals surface area contributed by atoms with Gasteiger partial charge in [-0.15, -0.1) is 0 Å². The molecule has 0 aromatic heterocycles. The summed E-state index contributed by atoms with van der Waals surface area (Å²) in [6.07, 6.45) is 0. The lowest BCUT2D eigenvalue weighted by Crippen LogP contribution is -2.48. The van der Waals surface area contributed by atoms with Crippen LogP contribution in [0.1, 0.15) is 29.8 Å². The number of para-hydroxylation sites is 1. The van der Waals surface area contributed by atoms with Crippen LogP contribution in [0.4, 0.5) is 5.69 Å². The van der Waals surface area contributed by atoms with Crippen molar-refractivity contribution in [2.45, 2.75) is 26.4 Å². The van der Waals surface area contributed by atoms with E-state index < -0.39 is 0 Å². The van der Waals surface area contributed by atoms with Crippen molar-refractivity contribution >= 4 is 11.6 Å². The molecular weight excluding hydrogens is 324 g/mol. The number of amides is 1. The summed E-state index contributed by atoms with van der Waals surface area (Å²) in [5.74, 6) is -0.133. The second kappa shape index (κ2) is 8.83. The van der Waals surface area contributed by atoms with Crippen LogP contribution < -0.4 is 10.9 Å². The highest BCUT2D eigenvalue weighted by atomic mass is 16.2. The molecule has 0 bridgehead atoms. The van der Waals surface area contributed by atoms with Crippen LogP contribution in [0.5, 0.6) is 0 Å². The van der Waals surface area contributed by atoms with Gasteiger partial charge in [-0.25, -0.2) is 0 Å². The number of benzene rings is 2. The number of piperazine rings is 1. The Balaban J connectivity index is 1.48. The zero-order valence-corrected chi connectivity index (χ0v) is 15.6. The van der Waals surface area contributed by atoms with E-state index in [2.05, 4.69) is 34.5 Å². The van der Waals surface area contributed by atoms with Crippen LogP contribution in [0.3, 0.4) is 0 Å². The van der Waals surface area contributed by atoms with Crippen LogP contribution in [0.25, 0.3) is 0 Å². The average Bonchev–Trinajstić information content (AvgIpc) is 2.68. The summed E-state index contributed by atoms with van der Waals surface area (Å²) in [5.41, 5.74) is 8.41. The van der Waals surface area contributed by atoms with Gasteiger partial charge >= 0.3 is 0 Å². The van der Waals surface area contributed by atoms with Crippen molar-refractivity contribution in [1.82, 2.24) is 15.2 Å². The highest BCUT2D eigenvalue weighted by Crippen LogP contribution is 2.12. The second-order valence-electron chi connectivity index (χ2n) is 7.05. The van der Waals surface area contributed by atoms with Gasteiger partial charge in [-0.3, -0.25) is 25.4 Å². The fraction of sp³-hybridized carbons (Fsp3) is 0.381. The van der Waals surface area contributed by atoms with Crippen LogP contribution in [0.2, 0.25) is 0 Å². The van der Waals surface area contributed by atoms with E-state index in [4.69, 9.17) is 0 Å². The van der Waals surface area contributed by atoms with Crippen molar-refractivity contribution in [3.05, 3.63) is 65.7 Å². The van der Waals surface area contributed by atoms with Crippen molar-refractivity contribution in [2.24, 2.45) is 0 Å². The standard InChI is InChI=1S/C21H28N4O/c1-17(2)25-14-12-24(13-15-25)16-18-8-10-19(11-9-18)21(26)23-22-20-6-4-3-5-7-20/h3-11,17,22H,12-16H2,1-2H3,(H,23,26). The van der Waals surface area contributed by atoms with Gasteiger partial charge in [-0.05, 0) is 43.7 Å². The first kappa shape index (κ1) is 18.4. The Labute approximate surface area is 156 Å². The molecule has 1 saturated heterocycles. The smallest absolute Gasteiger partial charge is 0.269 e. The molecule has 3 rings (SSSR count). The van der Waals surface area contributed by atoms with Crippen molar-refractivity contribution in [2.75, 3.05) is 31.6 Å². The molecule has 1 fully saturated rings. The lowest BCUT2D eigenvalue weighted by Gasteiger charge is -2.36. The molecular formula is C21H28N4O. The van der Waals surface area contributed by atoms with Crippen LogP contribution in [0.15, 0.2) is 54.6 Å². The molecule has 2 N–H and O–H groups in total. The first-order valence-corrected chi connectivity index (χ1v) is 9.28. The number of carbonyl (C=O) groups is 1. The zero-order valence-electron chi connectivity index (χ0n) is 15.6. The first-order valence-electron chi connectivity index (χ1n) is 9.28. The first-order chi connectivity index (χ1) is 12.6. The normalized spacial score (nSPS) is 15.8. The predicted octanol–water partition coefficient (Wildman–Crippen LogP) is 2.97. The van der Waals surface area contributed by atoms with E-state index in [0.29, 0.717) is 11.6 Å². The third-order valence-corrected chi connectivity index (χ3v) is 4.85. The van der Waals surface area contributed by atoms with Crippen molar-refractivity contribution in [3.63, 3.8) is 0 Å². The van der Waals surface area contributed by atoms with Gasteiger partial charge in [0, 0.05) is 44.3 Å². The van der Waals surface area contributed by atoms with Gasteiger partial charge in [0.15, 0.2) is 0 Å². The molecule has 26 heavy (non-hydrogen) atoms. The third kappa shape index (κ3) is 5.07. The maximum Gasteiger partial charge on any atom is 0.269 e. The molecule has 2 aromatic rings. The van der Waals surface area contributed by atoms with Gasteiger partial charge < -0.3 is 0 Å². The monoisotopic (exact) mass is 352 g/mol. The summed E-state index contributed by atoms with van der Waals surface area (Å²) in [7, 11) is 0. The zero-order chi connectivity index (χ0) is 18.4. The predicted molar refractivity (Wildman–Crippen MR) is 106 cm³/mol. The summed E-state index contributed by atoms with van der Waals surface area (Å²) in [4.78, 5) is 17.2. The minimum absolute atomic E-state index is 0.133. The van der Waals surface area contributed by atoms with E-state index in [1.54, 1.807) is 0 Å². The number of nitrogens with zero attached hydrogens (tertiary/aromatic N) is 2. The molecule has 0 aliphatic carbocycles. The minimum Gasteiger partial charge on any atom is -0.298 e. The molecule has 5 heteroatoms. The van der Waals surface area contributed by atoms with Crippen molar-refractivity contribution in [3.8, 4) is 0 Å². The largest absolute Gasteiger partial charge is 0.298 e. The van der Waals surface area contributed by atoms with Gasteiger partial charge in [-0.2, -0.15) is 0 Å². The van der Waals surface area contributed by atoms with E-state index >= 15 is 0 Å². The molecule has 0 spiro atoms. The Bertz CT molecular complexity index is 692. The number of carbonyl (C=O) groups excluding carboxylic acids is 1. The van der Waals surface area contributed by atoms with Crippen molar-refractivity contribution in [1.29, 1.82) is 0 Å². The van der Waals surface area contributed by atoms with E-state index in [9.17, 15) is 4.79 Å². The maximum absolute atomic E-state index is 12.2. The summed E-state index contributed by atoms with van der Waals surface area (Å²) >= 11 is 0. The van der Waals surface area contributed by atoms with Gasteiger partial charge in [0.05, 0.1) is 5.69 Å². The summed E-state index contributed by atoms with van der Waals surface area (Å²) in [6, 6.07) is 18.1. The summed E-state index contributed by atoms with van der Waals surface area (Å²) in [5, 5.41) is 0. The molecule has 0 radical (unpaired) electrons. The Morgan fingerprint density at radius 1 is 0.962 bits per heavy atom. The van der Waals surface area contributed by atoms with Crippen molar-refractivity contribution < 1.29 is 4.79 Å². The fourth-order valence-corrected chi connectivity index (χ4v) is 3.18. The number of hydrazine groups is 1. The van der Waals surface area contributed by atoms with Gasteiger partial charge in [0.1, 0.15) is 0 Å². The van der Waals surface area contributed by atoms with E-state index in [-0.39, 0.29) is 5.91 Å². The molecule has 1 aliphatic heterocycles. The van der Waals surface area contributed by atoms with E-state index in [1.807, 2.05) is 54.6 Å². The second-order valence-corrected chi connectivity index (χ2v) is 7.05.